The fourth-order valence-corrected chi connectivity index (χ4v) is 4.31. The molecule has 1 aliphatic rings. The molecule has 1 aliphatic heterocycles. The number of aryl methyl sites for hydroxylation is 1. The molecule has 0 aromatic heterocycles. The number of piperidine rings is 1. The van der Waals surface area contributed by atoms with Crippen LogP contribution in [0.1, 0.15) is 25.3 Å². The van der Waals surface area contributed by atoms with Crippen molar-refractivity contribution in [1.29, 1.82) is 0 Å². The van der Waals surface area contributed by atoms with Crippen LogP contribution >= 0.6 is 11.6 Å². The minimum Gasteiger partial charge on any atom is -0.328 e. The third-order valence-corrected chi connectivity index (χ3v) is 6.21. The Balaban J connectivity index is 2.27. The summed E-state index contributed by atoms with van der Waals surface area (Å²) in [6.07, 6.45) is 1.84. The van der Waals surface area contributed by atoms with Gasteiger partial charge in [0.2, 0.25) is 10.0 Å². The fraction of sp³-hybridized carbons (Fsp3) is 0.571. The zero-order valence-electron chi connectivity index (χ0n) is 11.8. The third kappa shape index (κ3) is 3.17. The summed E-state index contributed by atoms with van der Waals surface area (Å²) in [7, 11) is -3.47. The lowest BCUT2D eigenvalue weighted by Gasteiger charge is -2.33. The molecule has 0 unspecified atom stereocenters. The van der Waals surface area contributed by atoms with Gasteiger partial charge < -0.3 is 5.73 Å². The average molecular weight is 317 g/mol. The molecule has 0 radical (unpaired) electrons. The molecule has 0 saturated carbocycles. The highest BCUT2D eigenvalue weighted by Crippen LogP contribution is 2.27. The topological polar surface area (TPSA) is 63.4 Å². The van der Waals surface area contributed by atoms with Crippen LogP contribution in [0.2, 0.25) is 5.02 Å². The van der Waals surface area contributed by atoms with E-state index in [2.05, 4.69) is 0 Å². The molecule has 112 valence electrons. The maximum Gasteiger partial charge on any atom is 0.243 e. The minimum absolute atomic E-state index is 0.00889. The first-order chi connectivity index (χ1) is 9.32. The lowest BCUT2D eigenvalue weighted by Crippen LogP contribution is -2.44. The lowest BCUT2D eigenvalue weighted by molar-refractivity contribution is 0.243. The number of hydrogen-bond donors (Lipinski definition) is 1. The van der Waals surface area contributed by atoms with E-state index in [9.17, 15) is 8.42 Å². The van der Waals surface area contributed by atoms with Crippen molar-refractivity contribution in [3.8, 4) is 0 Å². The first-order valence-electron chi connectivity index (χ1n) is 6.84. The Morgan fingerprint density at radius 3 is 2.75 bits per heavy atom. The predicted octanol–water partition coefficient (Wildman–Crippen LogP) is 2.40. The van der Waals surface area contributed by atoms with Gasteiger partial charge in [0.1, 0.15) is 0 Å². The normalized spacial score (nSPS) is 22.7. The van der Waals surface area contributed by atoms with Crippen molar-refractivity contribution in [2.24, 2.45) is 11.7 Å². The van der Waals surface area contributed by atoms with Gasteiger partial charge in [-0.1, -0.05) is 17.7 Å². The van der Waals surface area contributed by atoms with Crippen LogP contribution in [0.15, 0.2) is 23.1 Å². The Hall–Kier alpha value is -0.620. The van der Waals surface area contributed by atoms with Crippen LogP contribution in [-0.2, 0) is 10.0 Å². The number of hydrogen-bond acceptors (Lipinski definition) is 3. The lowest BCUT2D eigenvalue weighted by atomic mass is 9.93. The zero-order valence-corrected chi connectivity index (χ0v) is 13.4. The summed E-state index contributed by atoms with van der Waals surface area (Å²) >= 11 is 6.03. The van der Waals surface area contributed by atoms with Gasteiger partial charge >= 0.3 is 0 Å². The molecule has 0 bridgehead atoms. The van der Waals surface area contributed by atoms with Gasteiger partial charge in [-0.3, -0.25) is 0 Å². The van der Waals surface area contributed by atoms with Crippen LogP contribution in [0.3, 0.4) is 0 Å². The van der Waals surface area contributed by atoms with Gasteiger partial charge in [-0.15, -0.1) is 0 Å². The van der Waals surface area contributed by atoms with E-state index in [1.165, 1.54) is 10.4 Å². The third-order valence-electron chi connectivity index (χ3n) is 3.95. The molecule has 1 fully saturated rings. The van der Waals surface area contributed by atoms with Crippen LogP contribution in [0.25, 0.3) is 0 Å². The number of rotatable bonds is 3. The van der Waals surface area contributed by atoms with E-state index in [4.69, 9.17) is 17.3 Å². The molecule has 6 heteroatoms. The van der Waals surface area contributed by atoms with E-state index in [-0.39, 0.29) is 16.9 Å². The summed E-state index contributed by atoms with van der Waals surface area (Å²) in [5.74, 6) is 0.222. The molecule has 2 rings (SSSR count). The Morgan fingerprint density at radius 2 is 2.15 bits per heavy atom. The van der Waals surface area contributed by atoms with Crippen LogP contribution < -0.4 is 5.73 Å². The average Bonchev–Trinajstić information content (AvgIpc) is 2.42. The fourth-order valence-electron chi connectivity index (χ4n) is 2.50. The molecule has 0 spiro atoms. The van der Waals surface area contributed by atoms with Crippen LogP contribution in [0, 0.1) is 12.8 Å². The smallest absolute Gasteiger partial charge is 0.243 e. The summed E-state index contributed by atoms with van der Waals surface area (Å²) in [5.41, 5.74) is 6.79. The van der Waals surface area contributed by atoms with Crippen molar-refractivity contribution in [3.05, 3.63) is 28.8 Å². The highest BCUT2D eigenvalue weighted by molar-refractivity contribution is 7.89. The van der Waals surface area contributed by atoms with E-state index < -0.39 is 10.0 Å². The monoisotopic (exact) mass is 316 g/mol. The molecule has 1 aromatic carbocycles. The molecule has 1 saturated heterocycles. The summed E-state index contributed by atoms with van der Waals surface area (Å²) < 4.78 is 26.8. The number of benzene rings is 1. The summed E-state index contributed by atoms with van der Waals surface area (Å²) in [5, 5.41) is 0.479. The van der Waals surface area contributed by atoms with E-state index >= 15 is 0 Å². The standard InChI is InChI=1S/C14H21ClN2O2S/c1-10-5-6-13(8-14(10)15)20(18,19)17-7-3-4-12(9-17)11(2)16/h5-6,8,11-12H,3-4,7,9,16H2,1-2H3/t11-,12+/m1/s1. The van der Waals surface area contributed by atoms with E-state index in [0.717, 1.165) is 18.4 Å². The Morgan fingerprint density at radius 1 is 1.45 bits per heavy atom. The van der Waals surface area contributed by atoms with Gasteiger partial charge in [-0.2, -0.15) is 4.31 Å². The number of halogens is 1. The molecule has 1 heterocycles. The van der Waals surface area contributed by atoms with Gasteiger partial charge in [0, 0.05) is 24.2 Å². The summed E-state index contributed by atoms with van der Waals surface area (Å²) in [4.78, 5) is 0.262. The minimum atomic E-state index is -3.47. The van der Waals surface area contributed by atoms with Crippen LogP contribution in [0.5, 0.6) is 0 Å². The molecule has 0 amide bonds. The zero-order chi connectivity index (χ0) is 14.9. The molecule has 2 atom stereocenters. The first-order valence-corrected chi connectivity index (χ1v) is 8.66. The van der Waals surface area contributed by atoms with Gasteiger partial charge in [-0.05, 0) is 50.3 Å². The number of nitrogens with two attached hydrogens (primary N) is 1. The predicted molar refractivity (Wildman–Crippen MR) is 81.3 cm³/mol. The molecule has 4 nitrogen and oxygen atoms in total. The maximum atomic E-state index is 12.6. The van der Waals surface area contributed by atoms with Crippen molar-refractivity contribution >= 4 is 21.6 Å². The van der Waals surface area contributed by atoms with Crippen molar-refractivity contribution in [1.82, 2.24) is 4.31 Å². The molecule has 2 N–H and O–H groups in total. The first kappa shape index (κ1) is 15.8. The molecule has 1 aromatic rings. The van der Waals surface area contributed by atoms with Crippen LogP contribution in [-0.4, -0.2) is 31.9 Å². The van der Waals surface area contributed by atoms with E-state index in [0.29, 0.717) is 18.1 Å². The molecule has 20 heavy (non-hydrogen) atoms. The summed E-state index contributed by atoms with van der Waals surface area (Å²) in [6, 6.07) is 4.89. The summed E-state index contributed by atoms with van der Waals surface area (Å²) in [6.45, 7) is 4.83. The highest BCUT2D eigenvalue weighted by Gasteiger charge is 2.31. The second kappa shape index (κ2) is 6.02. The molecule has 0 aliphatic carbocycles. The Labute approximate surface area is 126 Å². The van der Waals surface area contributed by atoms with E-state index in [1.807, 2.05) is 13.8 Å². The molecular weight excluding hydrogens is 296 g/mol. The van der Waals surface area contributed by atoms with Gasteiger partial charge in [0.15, 0.2) is 0 Å². The Bertz CT molecular complexity index is 587. The van der Waals surface area contributed by atoms with E-state index in [1.54, 1.807) is 12.1 Å². The SMILES string of the molecule is Cc1ccc(S(=O)(=O)N2CCC[C@H]([C@@H](C)N)C2)cc1Cl. The highest BCUT2D eigenvalue weighted by atomic mass is 35.5. The number of nitrogens with zero attached hydrogens (tertiary/aromatic N) is 1. The molecular formula is C14H21ClN2O2S. The van der Waals surface area contributed by atoms with Crippen LogP contribution in [0.4, 0.5) is 0 Å². The second-order valence-corrected chi connectivity index (χ2v) is 7.88. The van der Waals surface area contributed by atoms with Crippen molar-refractivity contribution in [2.45, 2.75) is 37.6 Å². The Kier molecular flexibility index (Phi) is 4.74. The number of sulfonamides is 1. The second-order valence-electron chi connectivity index (χ2n) is 5.54. The van der Waals surface area contributed by atoms with Gasteiger partial charge in [0.25, 0.3) is 0 Å². The van der Waals surface area contributed by atoms with Crippen molar-refractivity contribution in [3.63, 3.8) is 0 Å². The largest absolute Gasteiger partial charge is 0.328 e. The van der Waals surface area contributed by atoms with Crippen molar-refractivity contribution in [2.75, 3.05) is 13.1 Å². The van der Waals surface area contributed by atoms with Crippen molar-refractivity contribution < 1.29 is 8.42 Å². The quantitative estimate of drug-likeness (QED) is 0.931. The maximum absolute atomic E-state index is 12.6. The van der Waals surface area contributed by atoms with Gasteiger partial charge in [0.05, 0.1) is 4.90 Å². The van der Waals surface area contributed by atoms with Gasteiger partial charge in [-0.25, -0.2) is 8.42 Å².